The van der Waals surface area contributed by atoms with Crippen LogP contribution in [0.1, 0.15) is 25.5 Å². The molecule has 0 aromatic heterocycles. The number of nitrogens with one attached hydrogen (secondary N) is 1. The van der Waals surface area contributed by atoms with Crippen molar-refractivity contribution < 1.29 is 4.74 Å². The summed E-state index contributed by atoms with van der Waals surface area (Å²) in [5.74, 6) is 2.12. The molecule has 2 heterocycles. The number of hydrogen-bond acceptors (Lipinski definition) is 4. The normalized spacial score (nSPS) is 25.0. The molecule has 3 rings (SSSR count). The third kappa shape index (κ3) is 2.34. The van der Waals surface area contributed by atoms with Crippen molar-refractivity contribution in [3.05, 3.63) is 29.8 Å². The quantitative estimate of drug-likeness (QED) is 0.845. The summed E-state index contributed by atoms with van der Waals surface area (Å²) in [6.07, 6.45) is 0. The Labute approximate surface area is 112 Å². The first-order valence-corrected chi connectivity index (χ1v) is 7.28. The third-order valence-electron chi connectivity index (χ3n) is 3.25. The van der Waals surface area contributed by atoms with Crippen LogP contribution in [0, 0.1) is 5.41 Å². The van der Waals surface area contributed by atoms with Crippen LogP contribution >= 0.6 is 11.8 Å². The van der Waals surface area contributed by atoms with Crippen molar-refractivity contribution in [2.24, 2.45) is 10.4 Å². The zero-order valence-corrected chi connectivity index (χ0v) is 11.6. The van der Waals surface area contributed by atoms with E-state index in [0.717, 1.165) is 23.2 Å². The maximum Gasteiger partial charge on any atom is 0.157 e. The second kappa shape index (κ2) is 4.50. The molecule has 0 spiro atoms. The zero-order chi connectivity index (χ0) is 12.6. The molecule has 4 heteroatoms. The van der Waals surface area contributed by atoms with E-state index in [1.807, 2.05) is 23.9 Å². The number of ether oxygens (including phenoxy) is 1. The van der Waals surface area contributed by atoms with Gasteiger partial charge in [-0.25, -0.2) is 0 Å². The second-order valence-electron chi connectivity index (χ2n) is 5.62. The minimum atomic E-state index is 0.244. The predicted octanol–water partition coefficient (Wildman–Crippen LogP) is 2.84. The van der Waals surface area contributed by atoms with Gasteiger partial charge in [-0.3, -0.25) is 4.99 Å². The van der Waals surface area contributed by atoms with Crippen LogP contribution in [0.15, 0.2) is 29.3 Å². The van der Waals surface area contributed by atoms with Gasteiger partial charge in [0.05, 0.1) is 6.04 Å². The minimum Gasteiger partial charge on any atom is -0.491 e. The summed E-state index contributed by atoms with van der Waals surface area (Å²) in [6.45, 7) is 6.11. The lowest BCUT2D eigenvalue weighted by Crippen LogP contribution is -2.34. The number of rotatable bonds is 1. The van der Waals surface area contributed by atoms with E-state index >= 15 is 0 Å². The summed E-state index contributed by atoms with van der Waals surface area (Å²) in [5, 5.41) is 4.55. The Morgan fingerprint density at radius 3 is 3.00 bits per heavy atom. The van der Waals surface area contributed by atoms with Gasteiger partial charge in [-0.05, 0) is 11.5 Å². The first-order valence-electron chi connectivity index (χ1n) is 6.30. The molecule has 0 aliphatic carbocycles. The molecule has 1 aromatic rings. The maximum atomic E-state index is 5.67. The fourth-order valence-electron chi connectivity index (χ4n) is 2.16. The van der Waals surface area contributed by atoms with Gasteiger partial charge in [0, 0.05) is 17.9 Å². The van der Waals surface area contributed by atoms with E-state index < -0.39 is 0 Å². The van der Waals surface area contributed by atoms with Gasteiger partial charge in [-0.15, -0.1) is 0 Å². The molecule has 0 saturated carbocycles. The SMILES string of the molecule is CC1(C)CN=C(NC2COc3ccccc32)SC1. The van der Waals surface area contributed by atoms with Crippen molar-refractivity contribution in [3.8, 4) is 5.75 Å². The highest BCUT2D eigenvalue weighted by Crippen LogP contribution is 2.33. The summed E-state index contributed by atoms with van der Waals surface area (Å²) in [7, 11) is 0. The summed E-state index contributed by atoms with van der Waals surface area (Å²) in [4.78, 5) is 4.63. The van der Waals surface area contributed by atoms with Crippen LogP contribution in [0.2, 0.25) is 0 Å². The number of amidine groups is 1. The molecule has 0 amide bonds. The summed E-state index contributed by atoms with van der Waals surface area (Å²) in [6, 6.07) is 8.46. The lowest BCUT2D eigenvalue weighted by atomic mass is 9.97. The molecular formula is C14H18N2OS. The Morgan fingerprint density at radius 2 is 2.22 bits per heavy atom. The molecule has 0 bridgehead atoms. The lowest BCUT2D eigenvalue weighted by molar-refractivity contribution is 0.324. The summed E-state index contributed by atoms with van der Waals surface area (Å²) < 4.78 is 5.67. The Kier molecular flexibility index (Phi) is 2.98. The minimum absolute atomic E-state index is 0.244. The van der Waals surface area contributed by atoms with Crippen LogP contribution in [0.3, 0.4) is 0 Å². The standard InChI is InChI=1S/C14H18N2OS/c1-14(2)8-15-13(18-9-14)16-11-7-17-12-6-4-3-5-10(11)12/h3-6,11H,7-9H2,1-2H3,(H,15,16). The highest BCUT2D eigenvalue weighted by molar-refractivity contribution is 8.13. The Morgan fingerprint density at radius 1 is 1.39 bits per heavy atom. The molecule has 0 saturated heterocycles. The van der Waals surface area contributed by atoms with Crippen molar-refractivity contribution in [1.29, 1.82) is 0 Å². The van der Waals surface area contributed by atoms with Crippen LogP contribution in [0.4, 0.5) is 0 Å². The molecule has 3 nitrogen and oxygen atoms in total. The largest absolute Gasteiger partial charge is 0.491 e. The molecule has 0 fully saturated rings. The van der Waals surface area contributed by atoms with Gasteiger partial charge < -0.3 is 10.1 Å². The molecule has 96 valence electrons. The van der Waals surface area contributed by atoms with Gasteiger partial charge in [0.15, 0.2) is 5.17 Å². The average molecular weight is 262 g/mol. The number of benzene rings is 1. The summed E-state index contributed by atoms with van der Waals surface area (Å²) in [5.41, 5.74) is 1.56. The van der Waals surface area contributed by atoms with Gasteiger partial charge in [-0.2, -0.15) is 0 Å². The van der Waals surface area contributed by atoms with E-state index in [0.29, 0.717) is 12.0 Å². The smallest absolute Gasteiger partial charge is 0.157 e. The molecule has 2 aliphatic rings. The maximum absolute atomic E-state index is 5.67. The third-order valence-corrected chi connectivity index (χ3v) is 4.69. The van der Waals surface area contributed by atoms with Gasteiger partial charge in [0.25, 0.3) is 0 Å². The van der Waals surface area contributed by atoms with Gasteiger partial charge in [0.2, 0.25) is 0 Å². The van der Waals surface area contributed by atoms with Crippen LogP contribution in [0.25, 0.3) is 0 Å². The number of para-hydroxylation sites is 1. The van der Waals surface area contributed by atoms with Crippen LogP contribution in [-0.4, -0.2) is 24.1 Å². The van der Waals surface area contributed by atoms with Gasteiger partial charge >= 0.3 is 0 Å². The van der Waals surface area contributed by atoms with Crippen LogP contribution < -0.4 is 10.1 Å². The molecule has 1 unspecified atom stereocenters. The monoisotopic (exact) mass is 262 g/mol. The number of hydrogen-bond donors (Lipinski definition) is 1. The fourth-order valence-corrected chi connectivity index (χ4v) is 3.16. The van der Waals surface area contributed by atoms with Crippen LogP contribution in [-0.2, 0) is 0 Å². The van der Waals surface area contributed by atoms with E-state index in [-0.39, 0.29) is 6.04 Å². The van der Waals surface area contributed by atoms with Crippen molar-refractivity contribution >= 4 is 16.9 Å². The molecule has 2 aliphatic heterocycles. The zero-order valence-electron chi connectivity index (χ0n) is 10.8. The number of thioether (sulfide) groups is 1. The van der Waals surface area contributed by atoms with E-state index in [9.17, 15) is 0 Å². The number of fused-ring (bicyclic) bond motifs is 1. The van der Waals surface area contributed by atoms with Crippen molar-refractivity contribution in [3.63, 3.8) is 0 Å². The highest BCUT2D eigenvalue weighted by Gasteiger charge is 2.28. The van der Waals surface area contributed by atoms with Crippen molar-refractivity contribution in [2.45, 2.75) is 19.9 Å². The molecule has 1 N–H and O–H groups in total. The van der Waals surface area contributed by atoms with Gasteiger partial charge in [0.1, 0.15) is 12.4 Å². The average Bonchev–Trinajstić information content (AvgIpc) is 2.76. The number of nitrogens with zero attached hydrogens (tertiary/aromatic N) is 1. The van der Waals surface area contributed by atoms with Crippen molar-refractivity contribution in [1.82, 2.24) is 5.32 Å². The van der Waals surface area contributed by atoms with Gasteiger partial charge in [-0.1, -0.05) is 43.8 Å². The lowest BCUT2D eigenvalue weighted by Gasteiger charge is -2.28. The molecule has 1 atom stereocenters. The molecular weight excluding hydrogens is 244 g/mol. The molecule has 18 heavy (non-hydrogen) atoms. The fraction of sp³-hybridized carbons (Fsp3) is 0.500. The second-order valence-corrected chi connectivity index (χ2v) is 6.58. The van der Waals surface area contributed by atoms with Crippen LogP contribution in [0.5, 0.6) is 5.75 Å². The Bertz CT molecular complexity index is 484. The van der Waals surface area contributed by atoms with E-state index in [4.69, 9.17) is 4.74 Å². The van der Waals surface area contributed by atoms with Crippen molar-refractivity contribution in [2.75, 3.05) is 18.9 Å². The van der Waals surface area contributed by atoms with E-state index in [1.54, 1.807) is 0 Å². The molecule has 0 radical (unpaired) electrons. The summed E-state index contributed by atoms with van der Waals surface area (Å²) >= 11 is 1.81. The Balaban J connectivity index is 1.71. The Hall–Kier alpha value is -1.16. The highest BCUT2D eigenvalue weighted by atomic mass is 32.2. The first-order chi connectivity index (χ1) is 8.64. The van der Waals surface area contributed by atoms with E-state index in [1.165, 1.54) is 5.56 Å². The molecule has 1 aromatic carbocycles. The predicted molar refractivity (Wildman–Crippen MR) is 76.4 cm³/mol. The van der Waals surface area contributed by atoms with E-state index in [2.05, 4.69) is 36.3 Å². The first kappa shape index (κ1) is 11.9. The topological polar surface area (TPSA) is 33.6 Å². The number of aliphatic imine (C=N–C) groups is 1.